The van der Waals surface area contributed by atoms with E-state index < -0.39 is 29.7 Å². The molecular weight excluding hydrogens is 340 g/mol. The lowest BCUT2D eigenvalue weighted by molar-refractivity contribution is -0.194. The third-order valence-corrected chi connectivity index (χ3v) is 4.14. The Kier molecular flexibility index (Phi) is 4.77. The van der Waals surface area contributed by atoms with Gasteiger partial charge in [0.2, 0.25) is 11.5 Å². The second-order valence-electron chi connectivity index (χ2n) is 5.64. The lowest BCUT2D eigenvalue weighted by atomic mass is 10.1. The molecule has 2 bridgehead atoms. The van der Waals surface area contributed by atoms with Gasteiger partial charge in [-0.2, -0.15) is 10.0 Å². The Balaban J connectivity index is 2.04. The molecule has 0 saturated heterocycles. The number of methoxy groups -OCH3 is 2. The number of benzene rings is 1. The number of carbonyl (C=O) groups excluding carboxylic acids is 3. The number of ketones is 1. The van der Waals surface area contributed by atoms with Crippen LogP contribution in [0.15, 0.2) is 54.6 Å². The first kappa shape index (κ1) is 17.7. The number of amides is 2. The maximum atomic E-state index is 12.8. The quantitative estimate of drug-likeness (QED) is 0.769. The lowest BCUT2D eigenvalue weighted by Gasteiger charge is -2.46. The van der Waals surface area contributed by atoms with E-state index in [0.717, 1.165) is 22.7 Å². The fraction of sp³-hybridized carbons (Fsp3) is 0.278. The molecule has 1 aromatic carbocycles. The Morgan fingerprint density at radius 2 is 1.77 bits per heavy atom. The molecule has 2 amide bonds. The van der Waals surface area contributed by atoms with Crippen molar-refractivity contribution in [1.29, 1.82) is 0 Å². The first-order chi connectivity index (χ1) is 12.5. The van der Waals surface area contributed by atoms with Gasteiger partial charge in [-0.05, 0) is 17.7 Å². The van der Waals surface area contributed by atoms with E-state index in [4.69, 9.17) is 14.2 Å². The average molecular weight is 358 g/mol. The zero-order chi connectivity index (χ0) is 18.7. The number of nitrogens with zero attached hydrogens (tertiary/aromatic N) is 2. The van der Waals surface area contributed by atoms with Gasteiger partial charge in [-0.25, -0.2) is 9.59 Å². The first-order valence-electron chi connectivity index (χ1n) is 7.88. The van der Waals surface area contributed by atoms with Crippen molar-refractivity contribution in [2.45, 2.75) is 18.4 Å². The smallest absolute Gasteiger partial charge is 0.432 e. The second kappa shape index (κ2) is 7.01. The standard InChI is InChI=1S/C18H18N2O6/c1-24-16(22)19-14-8-9-15(21)18(11-10-14,20(19)17(23)25-2)26-12-13-6-4-3-5-7-13/h3-11,14H,12H2,1-2H3/t14-,18+/m0/s1. The summed E-state index contributed by atoms with van der Waals surface area (Å²) in [5.74, 6) is -0.510. The molecule has 8 heteroatoms. The fourth-order valence-electron chi connectivity index (χ4n) is 2.87. The van der Waals surface area contributed by atoms with Crippen LogP contribution in [0.3, 0.4) is 0 Å². The van der Waals surface area contributed by atoms with Crippen molar-refractivity contribution in [2.75, 3.05) is 14.2 Å². The molecular formula is C18H18N2O6. The van der Waals surface area contributed by atoms with Gasteiger partial charge in [-0.3, -0.25) is 4.79 Å². The van der Waals surface area contributed by atoms with Crippen LogP contribution in [0.2, 0.25) is 0 Å². The predicted molar refractivity (Wildman–Crippen MR) is 89.5 cm³/mol. The minimum absolute atomic E-state index is 0.0396. The third kappa shape index (κ3) is 2.84. The van der Waals surface area contributed by atoms with Gasteiger partial charge in [-0.1, -0.05) is 42.5 Å². The summed E-state index contributed by atoms with van der Waals surface area (Å²) in [6.07, 6.45) is 4.09. The summed E-state index contributed by atoms with van der Waals surface area (Å²) in [4.78, 5) is 37.6. The number of hydrogen-bond acceptors (Lipinski definition) is 6. The highest BCUT2D eigenvalue weighted by atomic mass is 16.6. The maximum Gasteiger partial charge on any atom is 0.432 e. The molecule has 0 saturated carbocycles. The minimum atomic E-state index is -1.85. The highest BCUT2D eigenvalue weighted by Crippen LogP contribution is 2.35. The molecule has 2 atom stereocenters. The van der Waals surface area contributed by atoms with E-state index in [1.54, 1.807) is 6.08 Å². The zero-order valence-electron chi connectivity index (χ0n) is 14.3. The van der Waals surface area contributed by atoms with Crippen molar-refractivity contribution in [3.05, 3.63) is 60.2 Å². The van der Waals surface area contributed by atoms with Crippen molar-refractivity contribution in [3.8, 4) is 0 Å². The van der Waals surface area contributed by atoms with Crippen molar-refractivity contribution in [1.82, 2.24) is 10.0 Å². The molecule has 0 spiro atoms. The van der Waals surface area contributed by atoms with E-state index in [1.807, 2.05) is 30.3 Å². The monoisotopic (exact) mass is 358 g/mol. The van der Waals surface area contributed by atoms with Crippen LogP contribution in [0.1, 0.15) is 5.56 Å². The van der Waals surface area contributed by atoms with Crippen LogP contribution >= 0.6 is 0 Å². The van der Waals surface area contributed by atoms with Crippen LogP contribution in [0, 0.1) is 0 Å². The Morgan fingerprint density at radius 1 is 1.08 bits per heavy atom. The summed E-state index contributed by atoms with van der Waals surface area (Å²) in [7, 11) is 2.34. The van der Waals surface area contributed by atoms with Gasteiger partial charge in [0.1, 0.15) is 0 Å². The second-order valence-corrected chi connectivity index (χ2v) is 5.64. The number of fused-ring (bicyclic) bond motifs is 2. The van der Waals surface area contributed by atoms with Gasteiger partial charge >= 0.3 is 12.2 Å². The van der Waals surface area contributed by atoms with Crippen molar-refractivity contribution < 1.29 is 28.6 Å². The Bertz CT molecular complexity index is 775. The van der Waals surface area contributed by atoms with E-state index in [2.05, 4.69) is 0 Å². The summed E-state index contributed by atoms with van der Waals surface area (Å²) >= 11 is 0. The molecule has 1 aromatic rings. The van der Waals surface area contributed by atoms with Crippen molar-refractivity contribution in [2.24, 2.45) is 0 Å². The molecule has 0 fully saturated rings. The SMILES string of the molecule is COC(=O)N1[C@H]2C=CC(=O)[C@](OCc3ccccc3)(C=C2)N1C(=O)OC. The molecule has 0 aromatic heterocycles. The molecule has 0 N–H and O–H groups in total. The molecule has 8 nitrogen and oxygen atoms in total. The van der Waals surface area contributed by atoms with E-state index in [0.29, 0.717) is 0 Å². The summed E-state index contributed by atoms with van der Waals surface area (Å²) in [6.45, 7) is 0.0396. The van der Waals surface area contributed by atoms with Crippen molar-refractivity contribution in [3.63, 3.8) is 0 Å². The topological polar surface area (TPSA) is 85.4 Å². The largest absolute Gasteiger partial charge is 0.451 e. The number of hydrazine groups is 1. The zero-order valence-corrected chi connectivity index (χ0v) is 14.3. The molecule has 4 rings (SSSR count). The number of ether oxygens (including phenoxy) is 3. The van der Waals surface area contributed by atoms with Gasteiger partial charge in [0.15, 0.2) is 0 Å². The van der Waals surface area contributed by atoms with Gasteiger partial charge in [-0.15, -0.1) is 0 Å². The molecule has 0 unspecified atom stereocenters. The molecule has 26 heavy (non-hydrogen) atoms. The molecule has 3 aliphatic rings. The summed E-state index contributed by atoms with van der Waals surface area (Å²) < 4.78 is 15.4. The van der Waals surface area contributed by atoms with Gasteiger partial charge in [0, 0.05) is 0 Å². The van der Waals surface area contributed by atoms with E-state index in [1.165, 1.54) is 25.3 Å². The Hall–Kier alpha value is -3.13. The van der Waals surface area contributed by atoms with Gasteiger partial charge in [0.25, 0.3) is 0 Å². The van der Waals surface area contributed by atoms with Crippen LogP contribution in [-0.4, -0.2) is 54.0 Å². The number of hydrogen-bond donors (Lipinski definition) is 0. The number of carbonyl (C=O) groups is 3. The third-order valence-electron chi connectivity index (χ3n) is 4.14. The molecule has 2 heterocycles. The Morgan fingerprint density at radius 3 is 2.42 bits per heavy atom. The maximum absolute atomic E-state index is 12.8. The average Bonchev–Trinajstić information content (AvgIpc) is 2.91. The number of rotatable bonds is 3. The van der Waals surface area contributed by atoms with Crippen LogP contribution in [0.5, 0.6) is 0 Å². The summed E-state index contributed by atoms with van der Waals surface area (Å²) in [5.41, 5.74) is -1.05. The molecule has 136 valence electrons. The van der Waals surface area contributed by atoms with Crippen LogP contribution in [-0.2, 0) is 25.6 Å². The summed E-state index contributed by atoms with van der Waals surface area (Å²) in [5, 5.41) is 1.85. The highest BCUT2D eigenvalue weighted by Gasteiger charge is 2.55. The molecule has 2 aliphatic heterocycles. The highest BCUT2D eigenvalue weighted by molar-refractivity contribution is 6.02. The molecule has 1 aliphatic carbocycles. The van der Waals surface area contributed by atoms with Crippen LogP contribution < -0.4 is 0 Å². The van der Waals surface area contributed by atoms with E-state index in [-0.39, 0.29) is 6.61 Å². The minimum Gasteiger partial charge on any atom is -0.451 e. The first-order valence-corrected chi connectivity index (χ1v) is 7.88. The normalized spacial score (nSPS) is 23.8. The van der Waals surface area contributed by atoms with E-state index in [9.17, 15) is 14.4 Å². The van der Waals surface area contributed by atoms with Crippen LogP contribution in [0.25, 0.3) is 0 Å². The summed E-state index contributed by atoms with van der Waals surface area (Å²) in [6, 6.07) is 8.48. The van der Waals surface area contributed by atoms with Crippen molar-refractivity contribution >= 4 is 18.0 Å². The van der Waals surface area contributed by atoms with Gasteiger partial charge in [0.05, 0.1) is 26.9 Å². The van der Waals surface area contributed by atoms with E-state index >= 15 is 0 Å². The van der Waals surface area contributed by atoms with Crippen LogP contribution in [0.4, 0.5) is 9.59 Å². The predicted octanol–water partition coefficient (Wildman–Crippen LogP) is 2.03. The van der Waals surface area contributed by atoms with Gasteiger partial charge < -0.3 is 14.2 Å². The molecule has 0 radical (unpaired) electrons. The Labute approximate surface area is 150 Å². The fourth-order valence-corrected chi connectivity index (χ4v) is 2.87. The lowest BCUT2D eigenvalue weighted by Crippen LogP contribution is -2.67.